The number of anilines is 1. The molecule has 0 saturated carbocycles. The molecule has 0 aliphatic carbocycles. The lowest BCUT2D eigenvalue weighted by atomic mass is 10.1. The Bertz CT molecular complexity index is 486. The Hall–Kier alpha value is -1.85. The first kappa shape index (κ1) is 14.2. The summed E-state index contributed by atoms with van der Waals surface area (Å²) >= 11 is 0. The van der Waals surface area contributed by atoms with Crippen molar-refractivity contribution in [3.05, 3.63) is 22.7 Å². The largest absolute Gasteiger partial charge is 0.388 e. The topological polar surface area (TPSA) is 88.0 Å². The van der Waals surface area contributed by atoms with Crippen molar-refractivity contribution in [1.82, 2.24) is 9.55 Å². The Balaban J connectivity index is 3.04. The minimum absolute atomic E-state index is 0.105. The highest BCUT2D eigenvalue weighted by atomic mass is 16.1. The molecule has 1 rings (SSSR count). The normalized spacial score (nSPS) is 11.3. The quantitative estimate of drug-likeness (QED) is 0.611. The van der Waals surface area contributed by atoms with E-state index in [2.05, 4.69) is 4.98 Å². The summed E-state index contributed by atoms with van der Waals surface area (Å²) in [6, 6.07) is 0. The van der Waals surface area contributed by atoms with E-state index in [-0.39, 0.29) is 16.9 Å². The molecule has 0 radical (unpaired) electrons. The second-order valence-electron chi connectivity index (χ2n) is 5.29. The van der Waals surface area contributed by atoms with Crippen LogP contribution in [0.5, 0.6) is 0 Å². The van der Waals surface area contributed by atoms with Gasteiger partial charge in [0.05, 0.1) is 5.84 Å². The Morgan fingerprint density at radius 2 is 2.17 bits per heavy atom. The standard InChI is InChI=1S/C12H21N5O/c1-12(2,3)17-8-6-15-10(11(17)18)16(4)7-5-9(13)14/h6,8H,5,7H2,1-4H3,(H3,13,14). The fourth-order valence-corrected chi connectivity index (χ4v) is 1.59. The molecule has 0 aromatic carbocycles. The van der Waals surface area contributed by atoms with Gasteiger partial charge in [0.2, 0.25) is 0 Å². The number of rotatable bonds is 4. The predicted octanol–water partition coefficient (Wildman–Crippen LogP) is 0.761. The first-order valence-electron chi connectivity index (χ1n) is 5.85. The fourth-order valence-electron chi connectivity index (χ4n) is 1.59. The van der Waals surface area contributed by atoms with Crippen LogP contribution in [-0.2, 0) is 5.54 Å². The van der Waals surface area contributed by atoms with Crippen molar-refractivity contribution in [2.45, 2.75) is 32.7 Å². The minimum atomic E-state index is -0.282. The molecule has 100 valence electrons. The van der Waals surface area contributed by atoms with Gasteiger partial charge in [-0.05, 0) is 20.8 Å². The van der Waals surface area contributed by atoms with Crippen molar-refractivity contribution >= 4 is 11.7 Å². The summed E-state index contributed by atoms with van der Waals surface area (Å²) in [4.78, 5) is 18.1. The molecule has 3 N–H and O–H groups in total. The first-order chi connectivity index (χ1) is 8.23. The number of nitrogens with one attached hydrogen (secondary N) is 1. The molecule has 6 heteroatoms. The maximum Gasteiger partial charge on any atom is 0.293 e. The lowest BCUT2D eigenvalue weighted by molar-refractivity contribution is 0.382. The van der Waals surface area contributed by atoms with Crippen LogP contribution in [0.3, 0.4) is 0 Å². The summed E-state index contributed by atoms with van der Waals surface area (Å²) in [5.41, 5.74) is 4.90. The summed E-state index contributed by atoms with van der Waals surface area (Å²) in [5.74, 6) is 0.489. The monoisotopic (exact) mass is 251 g/mol. The lowest BCUT2D eigenvalue weighted by Gasteiger charge is -2.24. The van der Waals surface area contributed by atoms with Crippen molar-refractivity contribution in [1.29, 1.82) is 5.41 Å². The molecule has 1 heterocycles. The van der Waals surface area contributed by atoms with Crippen molar-refractivity contribution in [3.63, 3.8) is 0 Å². The van der Waals surface area contributed by atoms with Crippen molar-refractivity contribution in [2.24, 2.45) is 5.73 Å². The average molecular weight is 251 g/mol. The molecule has 0 amide bonds. The van der Waals surface area contributed by atoms with E-state index in [1.807, 2.05) is 20.8 Å². The Morgan fingerprint density at radius 1 is 1.56 bits per heavy atom. The molecule has 1 aromatic heterocycles. The predicted molar refractivity (Wildman–Crippen MR) is 73.3 cm³/mol. The molecule has 0 bridgehead atoms. The molecule has 18 heavy (non-hydrogen) atoms. The highest BCUT2D eigenvalue weighted by Crippen LogP contribution is 2.11. The molecule has 0 spiro atoms. The summed E-state index contributed by atoms with van der Waals surface area (Å²) < 4.78 is 1.65. The van der Waals surface area contributed by atoms with E-state index in [4.69, 9.17) is 11.1 Å². The molecule has 0 aliphatic heterocycles. The van der Waals surface area contributed by atoms with E-state index >= 15 is 0 Å². The smallest absolute Gasteiger partial charge is 0.293 e. The third kappa shape index (κ3) is 3.32. The third-order valence-corrected chi connectivity index (χ3v) is 2.62. The SMILES string of the molecule is CN(CCC(=N)N)c1nccn(C(C)(C)C)c1=O. The van der Waals surface area contributed by atoms with Crippen molar-refractivity contribution in [3.8, 4) is 0 Å². The highest BCUT2D eigenvalue weighted by molar-refractivity contribution is 5.77. The van der Waals surface area contributed by atoms with Crippen LogP contribution in [0.1, 0.15) is 27.2 Å². The van der Waals surface area contributed by atoms with Gasteiger partial charge in [-0.15, -0.1) is 0 Å². The molecule has 0 saturated heterocycles. The van der Waals surface area contributed by atoms with Gasteiger partial charge in [0.1, 0.15) is 0 Å². The van der Waals surface area contributed by atoms with Gasteiger partial charge in [-0.1, -0.05) is 0 Å². The Morgan fingerprint density at radius 3 is 2.67 bits per heavy atom. The van der Waals surface area contributed by atoms with Crippen LogP contribution in [0, 0.1) is 5.41 Å². The zero-order valence-corrected chi connectivity index (χ0v) is 11.4. The van der Waals surface area contributed by atoms with E-state index in [0.717, 1.165) is 0 Å². The zero-order valence-electron chi connectivity index (χ0n) is 11.4. The molecular formula is C12H21N5O. The molecule has 0 atom stereocenters. The van der Waals surface area contributed by atoms with E-state index in [1.54, 1.807) is 28.9 Å². The van der Waals surface area contributed by atoms with Gasteiger partial charge in [0.25, 0.3) is 5.56 Å². The maximum absolute atomic E-state index is 12.3. The Labute approximate surface area is 107 Å². The molecule has 1 aromatic rings. The van der Waals surface area contributed by atoms with Gasteiger partial charge in [-0.3, -0.25) is 10.2 Å². The number of nitrogens with two attached hydrogens (primary N) is 1. The van der Waals surface area contributed by atoms with E-state index in [0.29, 0.717) is 18.8 Å². The van der Waals surface area contributed by atoms with E-state index in [1.165, 1.54) is 0 Å². The van der Waals surface area contributed by atoms with Crippen molar-refractivity contribution in [2.75, 3.05) is 18.5 Å². The highest BCUT2D eigenvalue weighted by Gasteiger charge is 2.18. The third-order valence-electron chi connectivity index (χ3n) is 2.62. The second-order valence-corrected chi connectivity index (χ2v) is 5.29. The number of hydrogen-bond acceptors (Lipinski definition) is 4. The first-order valence-corrected chi connectivity index (χ1v) is 5.85. The van der Waals surface area contributed by atoms with Gasteiger partial charge in [0, 0.05) is 37.9 Å². The van der Waals surface area contributed by atoms with Crippen LogP contribution < -0.4 is 16.2 Å². The average Bonchev–Trinajstić information content (AvgIpc) is 2.24. The second kappa shape index (κ2) is 5.20. The molecule has 6 nitrogen and oxygen atoms in total. The van der Waals surface area contributed by atoms with Crippen LogP contribution >= 0.6 is 0 Å². The zero-order chi connectivity index (χ0) is 13.9. The van der Waals surface area contributed by atoms with Gasteiger partial charge < -0.3 is 15.2 Å². The van der Waals surface area contributed by atoms with Crippen LogP contribution in [0.2, 0.25) is 0 Å². The lowest BCUT2D eigenvalue weighted by Crippen LogP contribution is -2.38. The number of hydrogen-bond donors (Lipinski definition) is 2. The summed E-state index contributed by atoms with van der Waals surface area (Å²) in [5, 5.41) is 7.19. The van der Waals surface area contributed by atoms with E-state index in [9.17, 15) is 4.79 Å². The maximum atomic E-state index is 12.3. The van der Waals surface area contributed by atoms with Crippen molar-refractivity contribution < 1.29 is 0 Å². The van der Waals surface area contributed by atoms with Gasteiger partial charge in [-0.25, -0.2) is 4.98 Å². The molecule has 0 fully saturated rings. The summed E-state index contributed by atoms with van der Waals surface area (Å²) in [7, 11) is 1.78. The Kier molecular flexibility index (Phi) is 4.11. The van der Waals surface area contributed by atoms with Gasteiger partial charge >= 0.3 is 0 Å². The molecular weight excluding hydrogens is 230 g/mol. The number of aromatic nitrogens is 2. The molecule has 0 unspecified atom stereocenters. The van der Waals surface area contributed by atoms with Gasteiger partial charge in [0.15, 0.2) is 5.82 Å². The van der Waals surface area contributed by atoms with Crippen LogP contribution in [0.4, 0.5) is 5.82 Å². The van der Waals surface area contributed by atoms with Gasteiger partial charge in [-0.2, -0.15) is 0 Å². The summed E-state index contributed by atoms with van der Waals surface area (Å²) in [6.07, 6.45) is 3.72. The van der Waals surface area contributed by atoms with E-state index < -0.39 is 0 Å². The number of amidine groups is 1. The summed E-state index contributed by atoms with van der Waals surface area (Å²) in [6.45, 7) is 6.40. The number of nitrogens with zero attached hydrogens (tertiary/aromatic N) is 3. The minimum Gasteiger partial charge on any atom is -0.388 e. The molecule has 0 aliphatic rings. The fraction of sp³-hybridized carbons (Fsp3) is 0.583. The van der Waals surface area contributed by atoms with Crippen LogP contribution in [0.15, 0.2) is 17.2 Å². The van der Waals surface area contributed by atoms with Crippen LogP contribution in [0.25, 0.3) is 0 Å². The van der Waals surface area contributed by atoms with Crippen LogP contribution in [-0.4, -0.2) is 29.0 Å².